The first-order valence-electron chi connectivity index (χ1n) is 11.3. The third-order valence-corrected chi connectivity index (χ3v) is 7.90. The van der Waals surface area contributed by atoms with Crippen LogP contribution in [0, 0.1) is 13.8 Å². The first-order valence-corrected chi connectivity index (χ1v) is 12.2. The summed E-state index contributed by atoms with van der Waals surface area (Å²) in [7, 11) is 3.15. The number of ether oxygens (including phenoxy) is 2. The first-order chi connectivity index (χ1) is 16.8. The van der Waals surface area contributed by atoms with Gasteiger partial charge in [0.2, 0.25) is 5.91 Å². The van der Waals surface area contributed by atoms with Crippen molar-refractivity contribution in [2.75, 3.05) is 14.2 Å². The summed E-state index contributed by atoms with van der Waals surface area (Å²) in [5, 5.41) is 10.6. The Labute approximate surface area is 209 Å². The Morgan fingerprint density at radius 3 is 2.40 bits per heavy atom. The fourth-order valence-electron chi connectivity index (χ4n) is 4.62. The van der Waals surface area contributed by atoms with Crippen LogP contribution in [0.3, 0.4) is 0 Å². The maximum atomic E-state index is 13.5. The standard InChI is InChI=1S/C28H29NO5S/c1-18-9-13-22(14-10-18)35-28(27(31)32)16-25(30)29(26(28)23-8-6-5-7-19(23)2)17-20-11-12-21(33-3)15-24(20)34-4/h5-15,26H,16-17H2,1-4H3,(H,31,32). The molecule has 6 nitrogen and oxygen atoms in total. The Bertz CT molecular complexity index is 1240. The molecular formula is C28H29NO5S. The average Bonchev–Trinajstić information content (AvgIpc) is 3.12. The van der Waals surface area contributed by atoms with Crippen molar-refractivity contribution >= 4 is 23.6 Å². The van der Waals surface area contributed by atoms with Crippen molar-refractivity contribution in [1.82, 2.24) is 4.90 Å². The van der Waals surface area contributed by atoms with Crippen molar-refractivity contribution in [2.24, 2.45) is 0 Å². The van der Waals surface area contributed by atoms with Crippen LogP contribution in [0.4, 0.5) is 0 Å². The molecule has 1 amide bonds. The number of thioether (sulfide) groups is 1. The van der Waals surface area contributed by atoms with Gasteiger partial charge in [0.15, 0.2) is 4.75 Å². The Hall–Kier alpha value is -3.45. The number of carbonyl (C=O) groups is 2. The molecule has 1 aliphatic heterocycles. The van der Waals surface area contributed by atoms with E-state index in [0.717, 1.165) is 27.1 Å². The summed E-state index contributed by atoms with van der Waals surface area (Å²) in [6, 6.07) is 20.2. The number of rotatable bonds is 8. The van der Waals surface area contributed by atoms with Gasteiger partial charge in [-0.05, 0) is 49.2 Å². The zero-order valence-corrected chi connectivity index (χ0v) is 21.1. The van der Waals surface area contributed by atoms with Gasteiger partial charge in [-0.3, -0.25) is 9.59 Å². The van der Waals surface area contributed by atoms with E-state index in [2.05, 4.69) is 0 Å². The second-order valence-corrected chi connectivity index (χ2v) is 10.1. The largest absolute Gasteiger partial charge is 0.497 e. The second-order valence-electron chi connectivity index (χ2n) is 8.75. The van der Waals surface area contributed by atoms with E-state index >= 15 is 0 Å². The molecule has 0 saturated carbocycles. The van der Waals surface area contributed by atoms with Gasteiger partial charge in [-0.25, -0.2) is 0 Å². The van der Waals surface area contributed by atoms with Gasteiger partial charge < -0.3 is 19.5 Å². The number of amides is 1. The van der Waals surface area contributed by atoms with Crippen LogP contribution in [0.2, 0.25) is 0 Å². The molecule has 3 aromatic carbocycles. The lowest BCUT2D eigenvalue weighted by Crippen LogP contribution is -2.42. The number of carboxylic acid groups (broad SMARTS) is 1. The molecule has 7 heteroatoms. The molecule has 0 radical (unpaired) electrons. The monoisotopic (exact) mass is 491 g/mol. The second kappa shape index (κ2) is 10.0. The van der Waals surface area contributed by atoms with E-state index in [9.17, 15) is 14.7 Å². The molecule has 0 spiro atoms. The number of nitrogens with zero attached hydrogens (tertiary/aromatic N) is 1. The smallest absolute Gasteiger partial charge is 0.323 e. The lowest BCUT2D eigenvalue weighted by molar-refractivity contribution is -0.140. The van der Waals surface area contributed by atoms with E-state index < -0.39 is 16.8 Å². The van der Waals surface area contributed by atoms with Crippen LogP contribution in [0.5, 0.6) is 11.5 Å². The topological polar surface area (TPSA) is 76.1 Å². The Balaban J connectivity index is 1.83. The minimum atomic E-state index is -1.39. The molecule has 3 aromatic rings. The first kappa shape index (κ1) is 24.7. The van der Waals surface area contributed by atoms with Crippen LogP contribution >= 0.6 is 11.8 Å². The quantitative estimate of drug-likeness (QED) is 0.454. The van der Waals surface area contributed by atoms with Crippen molar-refractivity contribution in [2.45, 2.75) is 42.5 Å². The number of carboxylic acids is 1. The summed E-state index contributed by atoms with van der Waals surface area (Å²) in [4.78, 5) is 29.0. The van der Waals surface area contributed by atoms with Crippen LogP contribution in [-0.2, 0) is 16.1 Å². The minimum Gasteiger partial charge on any atom is -0.497 e. The van der Waals surface area contributed by atoms with Gasteiger partial charge in [-0.15, -0.1) is 11.8 Å². The molecular weight excluding hydrogens is 462 g/mol. The highest BCUT2D eigenvalue weighted by Crippen LogP contribution is 2.54. The number of hydrogen-bond donors (Lipinski definition) is 1. The summed E-state index contributed by atoms with van der Waals surface area (Å²) in [5.74, 6) is 0.00955. The molecule has 1 saturated heterocycles. The van der Waals surface area contributed by atoms with E-state index in [0.29, 0.717) is 11.5 Å². The maximum Gasteiger partial charge on any atom is 0.323 e. The number of methoxy groups -OCH3 is 2. The molecule has 0 aliphatic carbocycles. The van der Waals surface area contributed by atoms with Gasteiger partial charge in [0.05, 0.1) is 26.7 Å². The van der Waals surface area contributed by atoms with E-state index in [1.165, 1.54) is 11.8 Å². The van der Waals surface area contributed by atoms with Gasteiger partial charge in [-0.2, -0.15) is 0 Å². The predicted octanol–water partition coefficient (Wildman–Crippen LogP) is 5.41. The predicted molar refractivity (Wildman–Crippen MR) is 136 cm³/mol. The Kier molecular flexibility index (Phi) is 7.08. The minimum absolute atomic E-state index is 0.113. The van der Waals surface area contributed by atoms with Gasteiger partial charge in [0.1, 0.15) is 11.5 Å². The fourth-order valence-corrected chi connectivity index (χ4v) is 5.96. The summed E-state index contributed by atoms with van der Waals surface area (Å²) in [6.45, 7) is 4.16. The molecule has 2 atom stereocenters. The summed E-state index contributed by atoms with van der Waals surface area (Å²) < 4.78 is 9.48. The zero-order valence-electron chi connectivity index (χ0n) is 20.3. The highest BCUT2D eigenvalue weighted by Gasteiger charge is 2.58. The molecule has 182 valence electrons. The molecule has 4 rings (SSSR count). The normalized spacial score (nSPS) is 19.6. The van der Waals surface area contributed by atoms with Gasteiger partial charge in [0, 0.05) is 23.1 Å². The van der Waals surface area contributed by atoms with Crippen molar-refractivity contribution < 1.29 is 24.2 Å². The molecule has 1 fully saturated rings. The van der Waals surface area contributed by atoms with E-state index in [1.54, 1.807) is 25.2 Å². The number of aryl methyl sites for hydroxylation is 2. The van der Waals surface area contributed by atoms with Gasteiger partial charge >= 0.3 is 5.97 Å². The molecule has 35 heavy (non-hydrogen) atoms. The third kappa shape index (κ3) is 4.73. The number of carbonyl (C=O) groups excluding carboxylic acids is 1. The fraction of sp³-hybridized carbons (Fsp3) is 0.286. The maximum absolute atomic E-state index is 13.5. The van der Waals surface area contributed by atoms with Crippen molar-refractivity contribution in [3.63, 3.8) is 0 Å². The van der Waals surface area contributed by atoms with Crippen molar-refractivity contribution in [3.05, 3.63) is 89.0 Å². The van der Waals surface area contributed by atoms with Crippen molar-refractivity contribution in [1.29, 1.82) is 0 Å². The Morgan fingerprint density at radius 1 is 1.06 bits per heavy atom. The molecule has 0 aromatic heterocycles. The van der Waals surface area contributed by atoms with Crippen LogP contribution in [0.15, 0.2) is 71.6 Å². The highest BCUT2D eigenvalue weighted by atomic mass is 32.2. The molecule has 1 heterocycles. The highest BCUT2D eigenvalue weighted by molar-refractivity contribution is 8.01. The van der Waals surface area contributed by atoms with Crippen LogP contribution in [-0.4, -0.2) is 40.8 Å². The summed E-state index contributed by atoms with van der Waals surface area (Å²) in [6.07, 6.45) is -0.113. The lowest BCUT2D eigenvalue weighted by atomic mass is 9.89. The molecule has 1 aliphatic rings. The number of benzene rings is 3. The average molecular weight is 492 g/mol. The van der Waals surface area contributed by atoms with Gasteiger partial charge in [-0.1, -0.05) is 42.0 Å². The Morgan fingerprint density at radius 2 is 1.77 bits per heavy atom. The third-order valence-electron chi connectivity index (χ3n) is 6.49. The molecule has 2 unspecified atom stereocenters. The van der Waals surface area contributed by atoms with Crippen LogP contribution in [0.25, 0.3) is 0 Å². The van der Waals surface area contributed by atoms with Crippen LogP contribution in [0.1, 0.15) is 34.7 Å². The molecule has 0 bridgehead atoms. The summed E-state index contributed by atoms with van der Waals surface area (Å²) in [5.41, 5.74) is 3.63. The lowest BCUT2D eigenvalue weighted by Gasteiger charge is -2.35. The van der Waals surface area contributed by atoms with Crippen molar-refractivity contribution in [3.8, 4) is 11.5 Å². The van der Waals surface area contributed by atoms with Gasteiger partial charge in [0.25, 0.3) is 0 Å². The number of likely N-dealkylation sites (tertiary alicyclic amines) is 1. The van der Waals surface area contributed by atoms with Crippen LogP contribution < -0.4 is 9.47 Å². The molecule has 1 N–H and O–H groups in total. The zero-order chi connectivity index (χ0) is 25.2. The number of hydrogen-bond acceptors (Lipinski definition) is 5. The van der Waals surface area contributed by atoms with E-state index in [4.69, 9.17) is 9.47 Å². The number of aliphatic carboxylic acids is 1. The van der Waals surface area contributed by atoms with E-state index in [1.807, 2.05) is 74.5 Å². The SMILES string of the molecule is COc1ccc(CN2C(=O)CC(Sc3ccc(C)cc3)(C(=O)O)C2c2ccccc2C)c(OC)c1. The summed E-state index contributed by atoms with van der Waals surface area (Å²) >= 11 is 1.25. The van der Waals surface area contributed by atoms with E-state index in [-0.39, 0.29) is 18.9 Å².